The third-order valence-electron chi connectivity index (χ3n) is 5.73. The van der Waals surface area contributed by atoms with Crippen molar-refractivity contribution in [3.63, 3.8) is 0 Å². The van der Waals surface area contributed by atoms with Crippen molar-refractivity contribution in [2.75, 3.05) is 27.3 Å². The largest absolute Gasteiger partial charge is 0.468 e. The summed E-state index contributed by atoms with van der Waals surface area (Å²) < 4.78 is 15.7. The Morgan fingerprint density at radius 1 is 1.00 bits per heavy atom. The number of H-pyrrole nitrogens is 1. The van der Waals surface area contributed by atoms with Gasteiger partial charge in [0.2, 0.25) is 5.41 Å². The number of para-hydroxylation sites is 1. The molecule has 1 amide bonds. The number of esters is 2. The first-order valence-corrected chi connectivity index (χ1v) is 10.4. The van der Waals surface area contributed by atoms with Crippen LogP contribution in [-0.4, -0.2) is 60.8 Å². The summed E-state index contributed by atoms with van der Waals surface area (Å²) in [6, 6.07) is 9.34. The highest BCUT2D eigenvalue weighted by molar-refractivity contribution is 6.07. The first-order chi connectivity index (χ1) is 14.6. The lowest BCUT2D eigenvalue weighted by atomic mass is 9.68. The number of methoxy groups -OCH3 is 2. The van der Waals surface area contributed by atoms with Crippen LogP contribution in [0, 0.1) is 5.92 Å². The molecule has 8 nitrogen and oxygen atoms in total. The molecule has 1 saturated heterocycles. The van der Waals surface area contributed by atoms with Gasteiger partial charge < -0.3 is 24.1 Å². The number of nitrogens with one attached hydrogen (secondary N) is 1. The summed E-state index contributed by atoms with van der Waals surface area (Å²) >= 11 is 0. The summed E-state index contributed by atoms with van der Waals surface area (Å²) in [5, 5.41) is 0.876. The van der Waals surface area contributed by atoms with E-state index in [9.17, 15) is 14.4 Å². The van der Waals surface area contributed by atoms with Gasteiger partial charge in [0.25, 0.3) is 0 Å². The first-order valence-electron chi connectivity index (χ1n) is 10.4. The number of ether oxygens (including phenoxy) is 3. The van der Waals surface area contributed by atoms with E-state index in [1.807, 2.05) is 45.0 Å². The second-order valence-electron chi connectivity index (χ2n) is 8.80. The molecule has 1 aromatic carbocycles. The number of hydrogen-bond acceptors (Lipinski definition) is 6. The number of benzene rings is 1. The molecule has 2 heterocycles. The van der Waals surface area contributed by atoms with Crippen molar-refractivity contribution in [1.82, 2.24) is 9.88 Å². The predicted octanol–water partition coefficient (Wildman–Crippen LogP) is 3.40. The molecule has 1 aliphatic heterocycles. The summed E-state index contributed by atoms with van der Waals surface area (Å²) in [6.45, 7) is 6.15. The first kappa shape index (κ1) is 22.7. The molecule has 0 radical (unpaired) electrons. The van der Waals surface area contributed by atoms with Crippen molar-refractivity contribution in [2.24, 2.45) is 5.92 Å². The van der Waals surface area contributed by atoms with Crippen LogP contribution in [0.5, 0.6) is 0 Å². The fourth-order valence-corrected chi connectivity index (χ4v) is 4.29. The van der Waals surface area contributed by atoms with Crippen LogP contribution in [0.3, 0.4) is 0 Å². The molecule has 0 bridgehead atoms. The molecular weight excluding hydrogens is 400 g/mol. The summed E-state index contributed by atoms with van der Waals surface area (Å²) in [5.74, 6) is -1.78. The van der Waals surface area contributed by atoms with Gasteiger partial charge in [0.05, 0.1) is 14.2 Å². The van der Waals surface area contributed by atoms with Gasteiger partial charge in [-0.2, -0.15) is 0 Å². The third kappa shape index (κ3) is 4.24. The maximum Gasteiger partial charge on any atom is 0.410 e. The normalized spacial score (nSPS) is 15.6. The molecule has 2 aromatic rings. The van der Waals surface area contributed by atoms with Gasteiger partial charge in [-0.3, -0.25) is 9.59 Å². The molecule has 1 N–H and O–H groups in total. The van der Waals surface area contributed by atoms with E-state index < -0.39 is 35.0 Å². The Morgan fingerprint density at radius 2 is 1.58 bits per heavy atom. The van der Waals surface area contributed by atoms with Crippen molar-refractivity contribution in [3.05, 3.63) is 36.0 Å². The fraction of sp³-hybridized carbons (Fsp3) is 0.522. The molecule has 0 aliphatic carbocycles. The maximum atomic E-state index is 13.2. The highest BCUT2D eigenvalue weighted by atomic mass is 16.6. The minimum atomic E-state index is -1.65. The van der Waals surface area contributed by atoms with Gasteiger partial charge in [0.15, 0.2) is 0 Å². The van der Waals surface area contributed by atoms with Crippen LogP contribution in [0.4, 0.5) is 4.79 Å². The molecular formula is C23H30N2O6. The zero-order chi connectivity index (χ0) is 22.8. The van der Waals surface area contributed by atoms with Gasteiger partial charge in [-0.25, -0.2) is 4.79 Å². The van der Waals surface area contributed by atoms with E-state index in [1.54, 1.807) is 11.0 Å². The number of nitrogens with zero attached hydrogens (tertiary/aromatic N) is 1. The van der Waals surface area contributed by atoms with E-state index in [0.717, 1.165) is 10.9 Å². The molecule has 0 atom stereocenters. The highest BCUT2D eigenvalue weighted by Crippen LogP contribution is 2.42. The third-order valence-corrected chi connectivity index (χ3v) is 5.73. The molecule has 0 spiro atoms. The van der Waals surface area contributed by atoms with Crippen LogP contribution < -0.4 is 0 Å². The second kappa shape index (κ2) is 8.61. The number of rotatable bonds is 4. The number of amides is 1. The molecule has 1 aromatic heterocycles. The van der Waals surface area contributed by atoms with E-state index in [2.05, 4.69) is 4.98 Å². The molecule has 168 valence electrons. The summed E-state index contributed by atoms with van der Waals surface area (Å²) in [6.07, 6.45) is 0.427. The quantitative estimate of drug-likeness (QED) is 0.454. The maximum absolute atomic E-state index is 13.2. The Morgan fingerprint density at radius 3 is 2.10 bits per heavy atom. The van der Waals surface area contributed by atoms with Gasteiger partial charge in [-0.05, 0) is 57.0 Å². The average molecular weight is 431 g/mol. The van der Waals surface area contributed by atoms with Crippen molar-refractivity contribution in [3.8, 4) is 0 Å². The number of aromatic amines is 1. The minimum absolute atomic E-state index is 0.357. The van der Waals surface area contributed by atoms with Crippen molar-refractivity contribution in [1.29, 1.82) is 0 Å². The zero-order valence-electron chi connectivity index (χ0n) is 18.7. The molecule has 1 aliphatic rings. The lowest BCUT2D eigenvalue weighted by molar-refractivity contribution is -0.166. The fourth-order valence-electron chi connectivity index (χ4n) is 4.29. The van der Waals surface area contributed by atoms with Crippen molar-refractivity contribution in [2.45, 2.75) is 44.6 Å². The van der Waals surface area contributed by atoms with Crippen molar-refractivity contribution >= 4 is 28.9 Å². The smallest absolute Gasteiger partial charge is 0.410 e. The monoisotopic (exact) mass is 430 g/mol. The summed E-state index contributed by atoms with van der Waals surface area (Å²) in [5.41, 5.74) is -1.01. The van der Waals surface area contributed by atoms with Crippen LogP contribution in [0.15, 0.2) is 30.3 Å². The number of hydrogen-bond donors (Lipinski definition) is 1. The number of fused-ring (bicyclic) bond motifs is 1. The van der Waals surface area contributed by atoms with E-state index in [1.165, 1.54) is 14.2 Å². The van der Waals surface area contributed by atoms with E-state index in [4.69, 9.17) is 14.2 Å². The molecule has 31 heavy (non-hydrogen) atoms. The molecule has 1 fully saturated rings. The van der Waals surface area contributed by atoms with E-state index in [0.29, 0.717) is 31.6 Å². The Kier molecular flexibility index (Phi) is 6.29. The summed E-state index contributed by atoms with van der Waals surface area (Å²) in [4.78, 5) is 43.6. The van der Waals surface area contributed by atoms with E-state index >= 15 is 0 Å². The molecule has 8 heteroatoms. The van der Waals surface area contributed by atoms with Gasteiger partial charge in [0, 0.05) is 24.3 Å². The SMILES string of the molecule is COC(=O)C(C(=O)OC)(c1cc2ccccc2[nH]1)C1CCN(C(=O)OC(C)(C)C)CC1. The Balaban J connectivity index is 1.97. The van der Waals surface area contributed by atoms with Crippen LogP contribution in [0.1, 0.15) is 39.3 Å². The molecule has 3 rings (SSSR count). The van der Waals surface area contributed by atoms with Gasteiger partial charge in [-0.15, -0.1) is 0 Å². The Labute approximate surface area is 181 Å². The number of likely N-dealkylation sites (tertiary alicyclic amines) is 1. The number of aromatic nitrogens is 1. The molecule has 0 unspecified atom stereocenters. The lowest BCUT2D eigenvalue weighted by Gasteiger charge is -2.40. The van der Waals surface area contributed by atoms with Crippen LogP contribution >= 0.6 is 0 Å². The predicted molar refractivity (Wildman–Crippen MR) is 115 cm³/mol. The topological polar surface area (TPSA) is 97.9 Å². The number of carbonyl (C=O) groups is 3. The van der Waals surface area contributed by atoms with Crippen molar-refractivity contribution < 1.29 is 28.6 Å². The zero-order valence-corrected chi connectivity index (χ0v) is 18.7. The lowest BCUT2D eigenvalue weighted by Crippen LogP contribution is -2.55. The van der Waals surface area contributed by atoms with Gasteiger partial charge in [0.1, 0.15) is 5.60 Å². The Hall–Kier alpha value is -3.03. The van der Waals surface area contributed by atoms with E-state index in [-0.39, 0.29) is 0 Å². The van der Waals surface area contributed by atoms with Crippen LogP contribution in [-0.2, 0) is 29.2 Å². The van der Waals surface area contributed by atoms with Crippen LogP contribution in [0.2, 0.25) is 0 Å². The van der Waals surface area contributed by atoms with Gasteiger partial charge in [-0.1, -0.05) is 18.2 Å². The van der Waals surface area contributed by atoms with Crippen LogP contribution in [0.25, 0.3) is 10.9 Å². The Bertz CT molecular complexity index is 917. The second-order valence-corrected chi connectivity index (χ2v) is 8.80. The molecule has 0 saturated carbocycles. The number of piperidine rings is 1. The summed E-state index contributed by atoms with van der Waals surface area (Å²) in [7, 11) is 2.52. The minimum Gasteiger partial charge on any atom is -0.468 e. The number of carbonyl (C=O) groups excluding carboxylic acids is 3. The average Bonchev–Trinajstić information content (AvgIpc) is 3.17. The highest BCUT2D eigenvalue weighted by Gasteiger charge is 2.57. The standard InChI is InChI=1S/C23H30N2O6/c1-22(2,3)31-21(28)25-12-10-16(11-13-25)23(19(26)29-4,20(27)30-5)18-14-15-8-6-7-9-17(15)24-18/h6-9,14,16,24H,10-13H2,1-5H3. The van der Waals surface area contributed by atoms with Gasteiger partial charge >= 0.3 is 18.0 Å².